The second-order valence-corrected chi connectivity index (χ2v) is 7.20. The van der Waals surface area contributed by atoms with Gasteiger partial charge in [-0.3, -0.25) is 4.79 Å². The fourth-order valence-electron chi connectivity index (χ4n) is 2.39. The van der Waals surface area contributed by atoms with E-state index >= 15 is 0 Å². The highest BCUT2D eigenvalue weighted by atomic mass is 16.5. The van der Waals surface area contributed by atoms with Crippen molar-refractivity contribution in [3.05, 3.63) is 65.2 Å². The summed E-state index contributed by atoms with van der Waals surface area (Å²) in [7, 11) is 0. The van der Waals surface area contributed by atoms with Crippen LogP contribution in [0.1, 0.15) is 44.4 Å². The zero-order valence-electron chi connectivity index (χ0n) is 15.6. The van der Waals surface area contributed by atoms with Gasteiger partial charge in [0.05, 0.1) is 12.2 Å². The molecule has 0 radical (unpaired) electrons. The van der Waals surface area contributed by atoms with E-state index in [4.69, 9.17) is 4.74 Å². The topological polar surface area (TPSA) is 50.4 Å². The number of benzene rings is 2. The maximum absolute atomic E-state index is 11.0. The van der Waals surface area contributed by atoms with Crippen molar-refractivity contribution in [1.82, 2.24) is 5.32 Å². The van der Waals surface area contributed by atoms with Gasteiger partial charge in [0.1, 0.15) is 0 Å². The van der Waals surface area contributed by atoms with Crippen molar-refractivity contribution in [2.75, 3.05) is 5.32 Å². The summed E-state index contributed by atoms with van der Waals surface area (Å²) in [6.45, 7) is 9.92. The van der Waals surface area contributed by atoms with Crippen molar-refractivity contribution >= 4 is 11.6 Å². The molecule has 0 unspecified atom stereocenters. The molecule has 1 amide bonds. The zero-order valence-corrected chi connectivity index (χ0v) is 15.6. The lowest BCUT2D eigenvalue weighted by atomic mass is 10.1. The third-order valence-corrected chi connectivity index (χ3v) is 3.60. The number of anilines is 1. The molecule has 0 bridgehead atoms. The molecule has 4 nitrogen and oxygen atoms in total. The summed E-state index contributed by atoms with van der Waals surface area (Å²) in [5, 5.41) is 6.22. The minimum Gasteiger partial charge on any atom is -0.371 e. The average molecular weight is 340 g/mol. The molecule has 0 atom stereocenters. The van der Waals surface area contributed by atoms with Crippen molar-refractivity contribution in [3.63, 3.8) is 0 Å². The smallest absolute Gasteiger partial charge is 0.221 e. The van der Waals surface area contributed by atoms with Crippen LogP contribution < -0.4 is 10.6 Å². The molecule has 0 aliphatic heterocycles. The van der Waals surface area contributed by atoms with Crippen molar-refractivity contribution in [2.45, 2.75) is 53.0 Å². The Morgan fingerprint density at radius 1 is 0.960 bits per heavy atom. The second-order valence-electron chi connectivity index (χ2n) is 7.20. The molecule has 2 rings (SSSR count). The molecular weight excluding hydrogens is 312 g/mol. The first-order chi connectivity index (χ1) is 11.8. The van der Waals surface area contributed by atoms with Gasteiger partial charge in [-0.05, 0) is 49.6 Å². The van der Waals surface area contributed by atoms with Gasteiger partial charge < -0.3 is 15.4 Å². The Labute approximate surface area is 150 Å². The van der Waals surface area contributed by atoms with Gasteiger partial charge in [0.25, 0.3) is 0 Å². The van der Waals surface area contributed by atoms with E-state index < -0.39 is 0 Å². The van der Waals surface area contributed by atoms with Crippen molar-refractivity contribution in [3.8, 4) is 0 Å². The van der Waals surface area contributed by atoms with E-state index in [9.17, 15) is 4.79 Å². The maximum Gasteiger partial charge on any atom is 0.221 e. The van der Waals surface area contributed by atoms with Crippen LogP contribution in [-0.4, -0.2) is 11.5 Å². The predicted octanol–water partition coefficient (Wildman–Crippen LogP) is 4.25. The Morgan fingerprint density at radius 3 is 2.24 bits per heavy atom. The Kier molecular flexibility index (Phi) is 6.73. The molecule has 2 aromatic carbocycles. The minimum atomic E-state index is -0.127. The quantitative estimate of drug-likeness (QED) is 0.792. The molecule has 0 aliphatic rings. The van der Waals surface area contributed by atoms with Crippen molar-refractivity contribution in [1.29, 1.82) is 0 Å². The van der Waals surface area contributed by atoms with Crippen molar-refractivity contribution < 1.29 is 9.53 Å². The van der Waals surface area contributed by atoms with E-state index in [0.717, 1.165) is 18.8 Å². The number of nitrogens with one attached hydrogen (secondary N) is 2. The third-order valence-electron chi connectivity index (χ3n) is 3.60. The molecule has 2 N–H and O–H groups in total. The van der Waals surface area contributed by atoms with E-state index in [1.54, 1.807) is 0 Å². The van der Waals surface area contributed by atoms with Gasteiger partial charge in [0.15, 0.2) is 0 Å². The largest absolute Gasteiger partial charge is 0.371 e. The van der Waals surface area contributed by atoms with E-state index in [1.807, 2.05) is 24.3 Å². The van der Waals surface area contributed by atoms with Crippen LogP contribution in [0.5, 0.6) is 0 Å². The van der Waals surface area contributed by atoms with Crippen LogP contribution in [0.15, 0.2) is 48.5 Å². The lowest BCUT2D eigenvalue weighted by Crippen LogP contribution is -2.18. The Balaban J connectivity index is 1.82. The van der Waals surface area contributed by atoms with E-state index in [1.165, 1.54) is 23.6 Å². The van der Waals surface area contributed by atoms with Gasteiger partial charge in [0.2, 0.25) is 5.91 Å². The first-order valence-electron chi connectivity index (χ1n) is 8.61. The van der Waals surface area contributed by atoms with Gasteiger partial charge in [-0.1, -0.05) is 36.4 Å². The molecule has 0 spiro atoms. The number of carbonyl (C=O) groups is 1. The monoisotopic (exact) mass is 340 g/mol. The lowest BCUT2D eigenvalue weighted by molar-refractivity contribution is -0.114. The highest BCUT2D eigenvalue weighted by Crippen LogP contribution is 2.13. The van der Waals surface area contributed by atoms with Gasteiger partial charge in [-0.25, -0.2) is 0 Å². The second kappa shape index (κ2) is 8.79. The van der Waals surface area contributed by atoms with Crippen molar-refractivity contribution in [2.24, 2.45) is 0 Å². The molecule has 25 heavy (non-hydrogen) atoms. The van der Waals surface area contributed by atoms with Gasteiger partial charge >= 0.3 is 0 Å². The molecule has 134 valence electrons. The number of hydrogen-bond donors (Lipinski definition) is 2. The van der Waals surface area contributed by atoms with Gasteiger partial charge in [-0.15, -0.1) is 0 Å². The normalized spacial score (nSPS) is 11.4. The van der Waals surface area contributed by atoms with Gasteiger partial charge in [-0.2, -0.15) is 0 Å². The van der Waals surface area contributed by atoms with E-state index in [-0.39, 0.29) is 11.5 Å². The molecule has 0 aliphatic carbocycles. The Morgan fingerprint density at radius 2 is 1.60 bits per heavy atom. The maximum atomic E-state index is 11.0. The standard InChI is InChI=1S/C21H28N2O2/c1-16(24)23-20-10-8-17(9-11-20)13-22-14-18-6-5-7-19(12-18)15-25-21(2,3)4/h5-12,22H,13-15H2,1-4H3,(H,23,24). The summed E-state index contributed by atoms with van der Waals surface area (Å²) in [5.41, 5.74) is 4.31. The van der Waals surface area contributed by atoms with Crippen LogP contribution in [0.3, 0.4) is 0 Å². The van der Waals surface area contributed by atoms with Crippen LogP contribution in [-0.2, 0) is 29.2 Å². The fraction of sp³-hybridized carbons (Fsp3) is 0.381. The van der Waals surface area contributed by atoms with Gasteiger partial charge in [0, 0.05) is 25.7 Å². The lowest BCUT2D eigenvalue weighted by Gasteiger charge is -2.19. The number of ether oxygens (including phenoxy) is 1. The molecule has 4 heteroatoms. The number of amides is 1. The number of carbonyl (C=O) groups excluding carboxylic acids is 1. The average Bonchev–Trinajstić information content (AvgIpc) is 2.54. The third kappa shape index (κ3) is 7.50. The molecule has 0 saturated heterocycles. The fourth-order valence-corrected chi connectivity index (χ4v) is 2.39. The Bertz CT molecular complexity index is 688. The Hall–Kier alpha value is -2.17. The summed E-state index contributed by atoms with van der Waals surface area (Å²) in [6.07, 6.45) is 0. The first kappa shape index (κ1) is 19.2. The molecule has 0 heterocycles. The molecule has 0 aromatic heterocycles. The van der Waals surface area contributed by atoms with Crippen LogP contribution >= 0.6 is 0 Å². The highest BCUT2D eigenvalue weighted by molar-refractivity contribution is 5.88. The van der Waals surface area contributed by atoms with E-state index in [2.05, 4.69) is 55.7 Å². The predicted molar refractivity (Wildman–Crippen MR) is 102 cm³/mol. The zero-order chi connectivity index (χ0) is 18.3. The van der Waals surface area contributed by atoms with E-state index in [0.29, 0.717) is 6.61 Å². The van der Waals surface area contributed by atoms with Crippen LogP contribution in [0.2, 0.25) is 0 Å². The van der Waals surface area contributed by atoms with Crippen LogP contribution in [0.25, 0.3) is 0 Å². The molecule has 0 fully saturated rings. The van der Waals surface area contributed by atoms with Crippen LogP contribution in [0, 0.1) is 0 Å². The minimum absolute atomic E-state index is 0.0544. The number of rotatable bonds is 7. The summed E-state index contributed by atoms with van der Waals surface area (Å²) >= 11 is 0. The molecule has 2 aromatic rings. The summed E-state index contributed by atoms with van der Waals surface area (Å²) in [5.74, 6) is -0.0544. The summed E-state index contributed by atoms with van der Waals surface area (Å²) < 4.78 is 5.83. The summed E-state index contributed by atoms with van der Waals surface area (Å²) in [4.78, 5) is 11.0. The SMILES string of the molecule is CC(=O)Nc1ccc(CNCc2cccc(COC(C)(C)C)c2)cc1. The highest BCUT2D eigenvalue weighted by Gasteiger charge is 2.10. The first-order valence-corrected chi connectivity index (χ1v) is 8.61. The van der Waals surface area contributed by atoms with Crippen LogP contribution in [0.4, 0.5) is 5.69 Å². The molecular formula is C21H28N2O2. The number of hydrogen-bond acceptors (Lipinski definition) is 3. The summed E-state index contributed by atoms with van der Waals surface area (Å²) in [6, 6.07) is 16.3. The molecule has 0 saturated carbocycles.